The zero-order chi connectivity index (χ0) is 15.0. The number of anilines is 1. The zero-order valence-electron chi connectivity index (χ0n) is 10.9. The minimum absolute atomic E-state index is 0.00971. The van der Waals surface area contributed by atoms with Crippen LogP contribution < -0.4 is 15.8 Å². The molecule has 0 aliphatic carbocycles. The summed E-state index contributed by atoms with van der Waals surface area (Å²) in [5, 5.41) is 3.01. The summed E-state index contributed by atoms with van der Waals surface area (Å²) in [6, 6.07) is 8.84. The van der Waals surface area contributed by atoms with Crippen LogP contribution in [0.5, 0.6) is 5.75 Å². The number of carbonyl (C=O) groups excluding carboxylic acids is 1. The molecule has 0 radical (unpaired) electrons. The van der Waals surface area contributed by atoms with Crippen molar-refractivity contribution in [2.45, 2.75) is 6.04 Å². The number of benzene rings is 2. The van der Waals surface area contributed by atoms with Crippen molar-refractivity contribution in [3.8, 4) is 5.75 Å². The Bertz CT molecular complexity index is 721. The van der Waals surface area contributed by atoms with Gasteiger partial charge in [0.05, 0.1) is 11.7 Å². The highest BCUT2D eigenvalue weighted by Gasteiger charge is 2.19. The van der Waals surface area contributed by atoms with Crippen molar-refractivity contribution in [1.82, 2.24) is 0 Å². The van der Waals surface area contributed by atoms with E-state index in [1.807, 2.05) is 0 Å². The van der Waals surface area contributed by atoms with Gasteiger partial charge >= 0.3 is 0 Å². The molecule has 108 valence electrons. The van der Waals surface area contributed by atoms with Crippen molar-refractivity contribution >= 4 is 23.2 Å². The molecule has 0 saturated heterocycles. The smallest absolute Gasteiger partial charge is 0.262 e. The lowest BCUT2D eigenvalue weighted by Gasteiger charge is -2.20. The van der Waals surface area contributed by atoms with Crippen LogP contribution >= 0.6 is 11.6 Å². The molecule has 0 aromatic heterocycles. The summed E-state index contributed by atoms with van der Waals surface area (Å²) < 4.78 is 19.2. The van der Waals surface area contributed by atoms with Gasteiger partial charge in [-0.2, -0.15) is 0 Å². The molecule has 1 unspecified atom stereocenters. The lowest BCUT2D eigenvalue weighted by Crippen LogP contribution is -2.25. The first-order valence-electron chi connectivity index (χ1n) is 6.32. The first-order chi connectivity index (χ1) is 10.0. The van der Waals surface area contributed by atoms with E-state index in [1.165, 1.54) is 6.07 Å². The van der Waals surface area contributed by atoms with Crippen molar-refractivity contribution in [1.29, 1.82) is 0 Å². The van der Waals surface area contributed by atoms with Gasteiger partial charge in [0.2, 0.25) is 0 Å². The molecule has 4 nitrogen and oxygen atoms in total. The molecular formula is C15H12ClFN2O2. The molecule has 1 aliphatic heterocycles. The predicted octanol–water partition coefficient (Wildman–Crippen LogP) is 2.86. The van der Waals surface area contributed by atoms with Crippen molar-refractivity contribution < 1.29 is 13.9 Å². The van der Waals surface area contributed by atoms with Gasteiger partial charge in [-0.25, -0.2) is 4.39 Å². The molecule has 2 aromatic rings. The average Bonchev–Trinajstić information content (AvgIpc) is 2.46. The summed E-state index contributed by atoms with van der Waals surface area (Å²) in [6.07, 6.45) is 0. The van der Waals surface area contributed by atoms with Gasteiger partial charge in [-0.05, 0) is 29.8 Å². The van der Waals surface area contributed by atoms with Crippen LogP contribution in [0.4, 0.5) is 10.1 Å². The summed E-state index contributed by atoms with van der Waals surface area (Å²) >= 11 is 5.73. The Morgan fingerprint density at radius 2 is 2.10 bits per heavy atom. The van der Waals surface area contributed by atoms with Gasteiger partial charge in [0.25, 0.3) is 5.91 Å². The number of ether oxygens (including phenoxy) is 1. The fourth-order valence-corrected chi connectivity index (χ4v) is 2.39. The SMILES string of the molecule is NC(c1ccc2c(c1)NC(=O)CO2)c1ccc(Cl)cc1F. The fraction of sp³-hybridized carbons (Fsp3) is 0.133. The Morgan fingerprint density at radius 1 is 1.29 bits per heavy atom. The normalized spacial score (nSPS) is 14.9. The van der Waals surface area contributed by atoms with Crippen LogP contribution in [-0.4, -0.2) is 12.5 Å². The molecule has 0 bridgehead atoms. The monoisotopic (exact) mass is 306 g/mol. The largest absolute Gasteiger partial charge is 0.482 e. The van der Waals surface area contributed by atoms with Crippen LogP contribution in [0, 0.1) is 5.82 Å². The van der Waals surface area contributed by atoms with Gasteiger partial charge < -0.3 is 15.8 Å². The summed E-state index contributed by atoms with van der Waals surface area (Å²) in [5.41, 5.74) is 7.64. The van der Waals surface area contributed by atoms with Crippen LogP contribution in [0.2, 0.25) is 5.02 Å². The molecule has 1 heterocycles. The van der Waals surface area contributed by atoms with E-state index in [0.29, 0.717) is 27.6 Å². The van der Waals surface area contributed by atoms with Crippen LogP contribution in [-0.2, 0) is 4.79 Å². The number of carbonyl (C=O) groups is 1. The fourth-order valence-electron chi connectivity index (χ4n) is 2.23. The van der Waals surface area contributed by atoms with Gasteiger partial charge in [-0.15, -0.1) is 0 Å². The third-order valence-corrected chi connectivity index (χ3v) is 3.53. The first kappa shape index (κ1) is 13.9. The quantitative estimate of drug-likeness (QED) is 0.896. The van der Waals surface area contributed by atoms with Gasteiger partial charge in [-0.1, -0.05) is 23.7 Å². The standard InChI is InChI=1S/C15H12ClFN2O2/c16-9-2-3-10(11(17)6-9)15(18)8-1-4-13-12(5-8)19-14(20)7-21-13/h1-6,15H,7,18H2,(H,19,20). The molecule has 6 heteroatoms. The van der Waals surface area contributed by atoms with E-state index < -0.39 is 11.9 Å². The van der Waals surface area contributed by atoms with E-state index in [2.05, 4.69) is 5.32 Å². The highest BCUT2D eigenvalue weighted by atomic mass is 35.5. The highest BCUT2D eigenvalue weighted by molar-refractivity contribution is 6.30. The summed E-state index contributed by atoms with van der Waals surface area (Å²) in [7, 11) is 0. The topological polar surface area (TPSA) is 64.3 Å². The predicted molar refractivity (Wildman–Crippen MR) is 78.0 cm³/mol. The third-order valence-electron chi connectivity index (χ3n) is 3.29. The van der Waals surface area contributed by atoms with Gasteiger partial charge in [0.15, 0.2) is 6.61 Å². The van der Waals surface area contributed by atoms with Crippen molar-refractivity contribution in [3.05, 3.63) is 58.4 Å². The van der Waals surface area contributed by atoms with Crippen LogP contribution in [0.3, 0.4) is 0 Å². The Balaban J connectivity index is 1.96. The zero-order valence-corrected chi connectivity index (χ0v) is 11.7. The van der Waals surface area contributed by atoms with Crippen molar-refractivity contribution in [3.63, 3.8) is 0 Å². The molecule has 0 saturated carbocycles. The molecule has 1 atom stereocenters. The average molecular weight is 307 g/mol. The van der Waals surface area contributed by atoms with Crippen molar-refractivity contribution in [2.24, 2.45) is 5.73 Å². The number of nitrogens with two attached hydrogens (primary N) is 1. The summed E-state index contributed by atoms with van der Waals surface area (Å²) in [5.74, 6) is -0.124. The number of nitrogens with one attached hydrogen (secondary N) is 1. The lowest BCUT2D eigenvalue weighted by atomic mass is 9.98. The molecule has 1 amide bonds. The van der Waals surface area contributed by atoms with E-state index in [-0.39, 0.29) is 12.5 Å². The minimum Gasteiger partial charge on any atom is -0.482 e. The molecule has 3 N–H and O–H groups in total. The second-order valence-electron chi connectivity index (χ2n) is 4.74. The molecule has 0 fully saturated rings. The number of fused-ring (bicyclic) bond motifs is 1. The van der Waals surface area contributed by atoms with E-state index in [0.717, 1.165) is 0 Å². The molecule has 3 rings (SSSR count). The van der Waals surface area contributed by atoms with Gasteiger partial charge in [0.1, 0.15) is 11.6 Å². The van der Waals surface area contributed by atoms with Crippen LogP contribution in [0.15, 0.2) is 36.4 Å². The number of rotatable bonds is 2. The maximum absolute atomic E-state index is 13.9. The Hall–Kier alpha value is -2.11. The molecule has 1 aliphatic rings. The van der Waals surface area contributed by atoms with E-state index >= 15 is 0 Å². The van der Waals surface area contributed by atoms with Crippen LogP contribution in [0.25, 0.3) is 0 Å². The number of halogens is 2. The molecule has 2 aromatic carbocycles. The number of hydrogen-bond acceptors (Lipinski definition) is 3. The third kappa shape index (κ3) is 2.70. The second-order valence-corrected chi connectivity index (χ2v) is 5.17. The lowest BCUT2D eigenvalue weighted by molar-refractivity contribution is -0.118. The van der Waals surface area contributed by atoms with E-state index in [1.54, 1.807) is 30.3 Å². The van der Waals surface area contributed by atoms with Gasteiger partial charge in [0, 0.05) is 10.6 Å². The molecular weight excluding hydrogens is 295 g/mol. The first-order valence-corrected chi connectivity index (χ1v) is 6.69. The second kappa shape index (κ2) is 5.35. The molecule has 21 heavy (non-hydrogen) atoms. The Kier molecular flexibility index (Phi) is 3.53. The summed E-state index contributed by atoms with van der Waals surface area (Å²) in [6.45, 7) is -0.00971. The van der Waals surface area contributed by atoms with E-state index in [4.69, 9.17) is 22.1 Å². The Labute approximate surface area is 125 Å². The minimum atomic E-state index is -0.661. The maximum atomic E-state index is 13.9. The summed E-state index contributed by atoms with van der Waals surface area (Å²) in [4.78, 5) is 11.3. The van der Waals surface area contributed by atoms with E-state index in [9.17, 15) is 9.18 Å². The van der Waals surface area contributed by atoms with Gasteiger partial charge in [-0.3, -0.25) is 4.79 Å². The van der Waals surface area contributed by atoms with Crippen molar-refractivity contribution in [2.75, 3.05) is 11.9 Å². The highest BCUT2D eigenvalue weighted by Crippen LogP contribution is 2.32. The molecule has 0 spiro atoms. The number of amides is 1. The Morgan fingerprint density at radius 3 is 2.86 bits per heavy atom. The number of hydrogen-bond donors (Lipinski definition) is 2. The van der Waals surface area contributed by atoms with Crippen LogP contribution in [0.1, 0.15) is 17.2 Å². The maximum Gasteiger partial charge on any atom is 0.262 e.